The van der Waals surface area contributed by atoms with Crippen molar-refractivity contribution in [2.24, 2.45) is 0 Å². The Bertz CT molecular complexity index is 1360. The average Bonchev–Trinajstić information content (AvgIpc) is 2.99. The van der Waals surface area contributed by atoms with Gasteiger partial charge in [0.25, 0.3) is 5.91 Å². The van der Waals surface area contributed by atoms with Crippen LogP contribution < -0.4 is 19.8 Å². The van der Waals surface area contributed by atoms with Gasteiger partial charge in [-0.25, -0.2) is 14.4 Å². The summed E-state index contributed by atoms with van der Waals surface area (Å²) >= 11 is 1.87. The van der Waals surface area contributed by atoms with Crippen LogP contribution >= 0.6 is 11.8 Å². The summed E-state index contributed by atoms with van der Waals surface area (Å²) in [7, 11) is 0. The van der Waals surface area contributed by atoms with Crippen LogP contribution in [0.15, 0.2) is 60.8 Å². The number of nitrogens with zero attached hydrogens (tertiary/aromatic N) is 1. The van der Waals surface area contributed by atoms with Crippen molar-refractivity contribution in [3.8, 4) is 17.4 Å². The molecule has 5 rings (SSSR count). The number of aromatic hydroxyl groups is 1. The van der Waals surface area contributed by atoms with Crippen molar-refractivity contribution in [3.05, 3.63) is 83.3 Å². The van der Waals surface area contributed by atoms with Gasteiger partial charge in [0, 0.05) is 24.9 Å². The molecule has 8 nitrogen and oxygen atoms in total. The third-order valence-corrected chi connectivity index (χ3v) is 8.43. The van der Waals surface area contributed by atoms with Crippen LogP contribution in [0.2, 0.25) is 0 Å². The Balaban J connectivity index is 1.14. The summed E-state index contributed by atoms with van der Waals surface area (Å²) < 4.78 is 25.7. The zero-order valence-corrected chi connectivity index (χ0v) is 23.5. The molecule has 2 fully saturated rings. The highest BCUT2D eigenvalue weighted by molar-refractivity contribution is 7.99. The van der Waals surface area contributed by atoms with Gasteiger partial charge in [-0.15, -0.1) is 0 Å². The number of pyridine rings is 1. The standard InChI is InChI=1S/C31H34FN3O5S/c32-21-16-27(31(33-18-21)40-24-12-14-41-15-13-24)30(38)35-23-8-6-22(7-9-23)34-29(37)26-11-10-25(17-28(26)36)39-19-20-4-2-1-3-5-20/h1-5,10-11,16-18,22-24,36H,6-9,12-15,19H2,(H,34,37)(H,35,38)/p+1. The monoisotopic (exact) mass is 580 g/mol. The number of benzene rings is 2. The molecule has 2 aliphatic rings. The molecule has 10 heteroatoms. The van der Waals surface area contributed by atoms with E-state index in [2.05, 4.69) is 15.3 Å². The Hall–Kier alpha value is -3.79. The first-order valence-electron chi connectivity index (χ1n) is 14.0. The molecule has 0 bridgehead atoms. The first-order chi connectivity index (χ1) is 19.9. The van der Waals surface area contributed by atoms with E-state index in [1.165, 1.54) is 12.1 Å². The Morgan fingerprint density at radius 2 is 1.78 bits per heavy atom. The number of aliphatic hydroxyl groups excluding tert-OH is 1. The quantitative estimate of drug-likeness (QED) is 0.224. The van der Waals surface area contributed by atoms with Gasteiger partial charge >= 0.3 is 5.90 Å². The number of halogens is 1. The van der Waals surface area contributed by atoms with E-state index in [1.54, 1.807) is 12.1 Å². The van der Waals surface area contributed by atoms with Crippen LogP contribution in [0.4, 0.5) is 4.39 Å². The predicted molar refractivity (Wildman–Crippen MR) is 155 cm³/mol. The summed E-state index contributed by atoms with van der Waals surface area (Å²) in [5, 5.41) is 24.2. The average molecular weight is 581 g/mol. The van der Waals surface area contributed by atoms with E-state index in [1.807, 2.05) is 42.1 Å². The number of rotatable bonds is 9. The molecule has 216 valence electrons. The number of phenols is 1. The lowest BCUT2D eigenvalue weighted by Crippen LogP contribution is -2.80. The lowest BCUT2D eigenvalue weighted by molar-refractivity contribution is -0.515. The molecule has 4 N–H and O–H groups in total. The smallest absolute Gasteiger partial charge is 0.369 e. The topological polar surface area (TPSA) is 115 Å². The third-order valence-electron chi connectivity index (χ3n) is 7.38. The van der Waals surface area contributed by atoms with Crippen LogP contribution in [-0.4, -0.2) is 56.7 Å². The molecular weight excluding hydrogens is 545 g/mol. The maximum atomic E-state index is 14.0. The van der Waals surface area contributed by atoms with Crippen molar-refractivity contribution < 1.29 is 33.9 Å². The molecule has 1 amide bonds. The molecule has 0 spiro atoms. The second kappa shape index (κ2) is 13.7. The Labute approximate surface area is 243 Å². The Kier molecular flexibility index (Phi) is 9.61. The van der Waals surface area contributed by atoms with Gasteiger partial charge in [0.15, 0.2) is 6.04 Å². The first-order valence-corrected chi connectivity index (χ1v) is 15.1. The van der Waals surface area contributed by atoms with Gasteiger partial charge in [-0.2, -0.15) is 11.8 Å². The predicted octanol–water partition coefficient (Wildman–Crippen LogP) is 3.91. The van der Waals surface area contributed by atoms with Crippen molar-refractivity contribution in [2.75, 3.05) is 11.5 Å². The van der Waals surface area contributed by atoms with Crippen LogP contribution in [0.5, 0.6) is 17.4 Å². The van der Waals surface area contributed by atoms with E-state index in [0.29, 0.717) is 38.0 Å². The molecule has 0 radical (unpaired) electrons. The summed E-state index contributed by atoms with van der Waals surface area (Å²) in [5.41, 5.74) is 1.41. The second-order valence-corrected chi connectivity index (χ2v) is 11.6. The Morgan fingerprint density at radius 3 is 2.51 bits per heavy atom. The Morgan fingerprint density at radius 1 is 1.02 bits per heavy atom. The number of hydrogen-bond acceptors (Lipinski definition) is 6. The maximum absolute atomic E-state index is 14.0. The number of hydrogen-bond donors (Lipinski definition) is 4. The fraction of sp³-hybridized carbons (Fsp3) is 0.387. The van der Waals surface area contributed by atoms with Crippen LogP contribution in [0.3, 0.4) is 0 Å². The lowest BCUT2D eigenvalue weighted by atomic mass is 9.91. The van der Waals surface area contributed by atoms with Gasteiger partial charge in [-0.05, 0) is 61.0 Å². The molecule has 1 aliphatic heterocycles. The fourth-order valence-electron chi connectivity index (χ4n) is 5.09. The number of thioether (sulfide) groups is 1. The van der Waals surface area contributed by atoms with Crippen LogP contribution in [0.25, 0.3) is 0 Å². The van der Waals surface area contributed by atoms with Crippen molar-refractivity contribution in [1.82, 2.24) is 10.3 Å². The van der Waals surface area contributed by atoms with Crippen molar-refractivity contribution >= 4 is 23.6 Å². The highest BCUT2D eigenvalue weighted by Gasteiger charge is 2.29. The number of aliphatic hydroxyl groups is 1. The summed E-state index contributed by atoms with van der Waals surface area (Å²) in [6.07, 6.45) is 5.53. The van der Waals surface area contributed by atoms with E-state index in [-0.39, 0.29) is 46.8 Å². The molecule has 3 aromatic rings. The van der Waals surface area contributed by atoms with E-state index >= 15 is 0 Å². The number of carbonyl (C=O) groups is 1. The molecule has 2 aromatic carbocycles. The molecule has 1 aliphatic carbocycles. The lowest BCUT2D eigenvalue weighted by Gasteiger charge is -2.26. The van der Waals surface area contributed by atoms with Gasteiger partial charge in [0.2, 0.25) is 5.88 Å². The number of aromatic nitrogens is 1. The van der Waals surface area contributed by atoms with Gasteiger partial charge in [0.05, 0.1) is 6.20 Å². The summed E-state index contributed by atoms with van der Waals surface area (Å²) in [6, 6.07) is 15.6. The van der Waals surface area contributed by atoms with Crippen molar-refractivity contribution in [1.29, 1.82) is 0 Å². The van der Waals surface area contributed by atoms with E-state index in [4.69, 9.17) is 9.47 Å². The minimum absolute atomic E-state index is 0.0244. The zero-order valence-electron chi connectivity index (χ0n) is 22.7. The van der Waals surface area contributed by atoms with Crippen molar-refractivity contribution in [3.63, 3.8) is 0 Å². The highest BCUT2D eigenvalue weighted by atomic mass is 32.2. The van der Waals surface area contributed by atoms with Gasteiger partial charge in [-0.1, -0.05) is 30.3 Å². The van der Waals surface area contributed by atoms with Crippen LogP contribution in [0, 0.1) is 5.82 Å². The van der Waals surface area contributed by atoms with Crippen LogP contribution in [-0.2, 0) is 6.61 Å². The second-order valence-electron chi connectivity index (χ2n) is 10.4. The molecule has 2 heterocycles. The third kappa shape index (κ3) is 7.91. The molecule has 1 saturated carbocycles. The maximum Gasteiger partial charge on any atom is 0.369 e. The fourth-order valence-corrected chi connectivity index (χ4v) is 6.16. The first kappa shape index (κ1) is 28.7. The number of amides is 1. The molecule has 41 heavy (non-hydrogen) atoms. The zero-order chi connectivity index (χ0) is 28.6. The minimum atomic E-state index is -0.584. The van der Waals surface area contributed by atoms with Gasteiger partial charge < -0.3 is 25.0 Å². The molecular formula is C31H35FN3O5S+. The number of ether oxygens (including phenoxy) is 2. The van der Waals surface area contributed by atoms with E-state index in [0.717, 1.165) is 36.1 Å². The molecule has 0 unspecified atom stereocenters. The molecule has 0 atom stereocenters. The van der Waals surface area contributed by atoms with Gasteiger partial charge in [-0.3, -0.25) is 4.79 Å². The normalized spacial score (nSPS) is 19.9. The molecule has 1 aromatic heterocycles. The summed E-state index contributed by atoms with van der Waals surface area (Å²) in [6.45, 7) is 0.372. The largest absolute Gasteiger partial charge is 0.507 e. The highest BCUT2D eigenvalue weighted by Crippen LogP contribution is 2.26. The van der Waals surface area contributed by atoms with Crippen molar-refractivity contribution in [2.45, 2.75) is 63.3 Å². The number of nitrogens with one attached hydrogen (secondary N) is 2. The summed E-state index contributed by atoms with van der Waals surface area (Å²) in [5.74, 6) is 1.47. The van der Waals surface area contributed by atoms with E-state index in [9.17, 15) is 19.4 Å². The number of carbonyl (C=O) groups excluding carboxylic acids is 1. The van der Waals surface area contributed by atoms with E-state index < -0.39 is 11.7 Å². The molecule has 1 saturated heterocycles. The minimum Gasteiger partial charge on any atom is -0.507 e. The summed E-state index contributed by atoms with van der Waals surface area (Å²) in [4.78, 5) is 20.2. The SMILES string of the molecule is O=C(NC1CCC([NH+]=C(O)c2ccc(OCc3ccccc3)cc2O)CC1)c1cc(F)cnc1OC1CCSCC1. The van der Waals surface area contributed by atoms with Gasteiger partial charge in [0.1, 0.15) is 41.2 Å². The number of phenolic OH excluding ortho intramolecular Hbond substituents is 1. The van der Waals surface area contributed by atoms with Crippen LogP contribution in [0.1, 0.15) is 60.0 Å².